The SMILES string of the molecule is CC(C)COC(C)OC=Cc1ccccc1. The van der Waals surface area contributed by atoms with Crippen LogP contribution in [0.25, 0.3) is 6.08 Å². The standard InChI is InChI=1S/C14H20O2/c1-12(2)11-16-13(3)15-10-9-14-7-5-4-6-8-14/h4-10,12-13H,11H2,1-3H3. The van der Waals surface area contributed by atoms with Gasteiger partial charge in [-0.3, -0.25) is 0 Å². The topological polar surface area (TPSA) is 18.5 Å². The predicted octanol–water partition coefficient (Wildman–Crippen LogP) is 3.69. The van der Waals surface area contributed by atoms with Crippen molar-refractivity contribution in [1.82, 2.24) is 0 Å². The normalized spacial score (nSPS) is 13.2. The Morgan fingerprint density at radius 3 is 2.44 bits per heavy atom. The van der Waals surface area contributed by atoms with Crippen molar-refractivity contribution in [2.45, 2.75) is 27.1 Å². The lowest BCUT2D eigenvalue weighted by Crippen LogP contribution is -2.13. The molecule has 0 spiro atoms. The minimum atomic E-state index is -0.192. The van der Waals surface area contributed by atoms with Crippen LogP contribution in [0, 0.1) is 5.92 Å². The van der Waals surface area contributed by atoms with Gasteiger partial charge in [0.25, 0.3) is 0 Å². The highest BCUT2D eigenvalue weighted by molar-refractivity contribution is 5.47. The molecule has 2 heteroatoms. The van der Waals surface area contributed by atoms with E-state index < -0.39 is 0 Å². The lowest BCUT2D eigenvalue weighted by atomic mass is 10.2. The van der Waals surface area contributed by atoms with Gasteiger partial charge in [-0.15, -0.1) is 0 Å². The van der Waals surface area contributed by atoms with E-state index in [9.17, 15) is 0 Å². The molecule has 1 aromatic rings. The van der Waals surface area contributed by atoms with Crippen LogP contribution in [0.2, 0.25) is 0 Å². The van der Waals surface area contributed by atoms with Crippen molar-refractivity contribution >= 4 is 6.08 Å². The largest absolute Gasteiger partial charge is 0.473 e. The number of ether oxygens (including phenoxy) is 2. The smallest absolute Gasteiger partial charge is 0.196 e. The number of benzene rings is 1. The van der Waals surface area contributed by atoms with Gasteiger partial charge in [-0.25, -0.2) is 0 Å². The Morgan fingerprint density at radius 1 is 1.12 bits per heavy atom. The lowest BCUT2D eigenvalue weighted by molar-refractivity contribution is -0.0997. The Kier molecular flexibility index (Phi) is 5.65. The van der Waals surface area contributed by atoms with Crippen LogP contribution in [0.15, 0.2) is 36.6 Å². The zero-order valence-electron chi connectivity index (χ0n) is 10.2. The summed E-state index contributed by atoms with van der Waals surface area (Å²) in [6.45, 7) is 6.86. The van der Waals surface area contributed by atoms with Crippen LogP contribution in [0.3, 0.4) is 0 Å². The predicted molar refractivity (Wildman–Crippen MR) is 66.8 cm³/mol. The minimum Gasteiger partial charge on any atom is -0.473 e. The summed E-state index contributed by atoms with van der Waals surface area (Å²) < 4.78 is 10.9. The second-order valence-electron chi connectivity index (χ2n) is 4.14. The van der Waals surface area contributed by atoms with Gasteiger partial charge in [0.05, 0.1) is 12.9 Å². The van der Waals surface area contributed by atoms with Crippen molar-refractivity contribution in [3.8, 4) is 0 Å². The first-order valence-electron chi connectivity index (χ1n) is 5.67. The Balaban J connectivity index is 2.26. The molecule has 0 heterocycles. The third-order valence-corrected chi connectivity index (χ3v) is 1.99. The quantitative estimate of drug-likeness (QED) is 0.537. The fraction of sp³-hybridized carbons (Fsp3) is 0.429. The van der Waals surface area contributed by atoms with E-state index in [4.69, 9.17) is 9.47 Å². The van der Waals surface area contributed by atoms with E-state index in [0.29, 0.717) is 5.92 Å². The van der Waals surface area contributed by atoms with E-state index in [-0.39, 0.29) is 6.29 Å². The maximum Gasteiger partial charge on any atom is 0.196 e. The molecular weight excluding hydrogens is 200 g/mol. The molecule has 2 nitrogen and oxygen atoms in total. The molecule has 0 bridgehead atoms. The average Bonchev–Trinajstić information content (AvgIpc) is 2.28. The highest BCUT2D eigenvalue weighted by atomic mass is 16.7. The van der Waals surface area contributed by atoms with Crippen molar-refractivity contribution in [3.05, 3.63) is 42.2 Å². The van der Waals surface area contributed by atoms with Crippen LogP contribution in [-0.4, -0.2) is 12.9 Å². The van der Waals surface area contributed by atoms with E-state index >= 15 is 0 Å². The maximum atomic E-state index is 5.47. The fourth-order valence-corrected chi connectivity index (χ4v) is 1.16. The first-order valence-corrected chi connectivity index (χ1v) is 5.67. The molecule has 16 heavy (non-hydrogen) atoms. The number of hydrogen-bond donors (Lipinski definition) is 0. The summed E-state index contributed by atoms with van der Waals surface area (Å²) in [5.41, 5.74) is 1.12. The summed E-state index contributed by atoms with van der Waals surface area (Å²) in [6, 6.07) is 10.0. The van der Waals surface area contributed by atoms with Crippen molar-refractivity contribution in [2.24, 2.45) is 5.92 Å². The zero-order chi connectivity index (χ0) is 11.8. The third kappa shape index (κ3) is 5.56. The average molecular weight is 220 g/mol. The highest BCUT2D eigenvalue weighted by Gasteiger charge is 2.01. The molecule has 0 N–H and O–H groups in total. The van der Waals surface area contributed by atoms with E-state index in [1.54, 1.807) is 6.26 Å². The Labute approximate surface area is 97.9 Å². The van der Waals surface area contributed by atoms with Crippen LogP contribution in [0.4, 0.5) is 0 Å². The Morgan fingerprint density at radius 2 is 1.81 bits per heavy atom. The van der Waals surface area contributed by atoms with Crippen LogP contribution in [0.1, 0.15) is 26.3 Å². The molecule has 0 saturated carbocycles. The molecule has 1 aromatic carbocycles. The molecule has 0 radical (unpaired) electrons. The first-order chi connectivity index (χ1) is 7.68. The summed E-state index contributed by atoms with van der Waals surface area (Å²) in [5.74, 6) is 0.532. The Hall–Kier alpha value is -1.28. The second-order valence-corrected chi connectivity index (χ2v) is 4.14. The van der Waals surface area contributed by atoms with Crippen molar-refractivity contribution in [3.63, 3.8) is 0 Å². The summed E-state index contributed by atoms with van der Waals surface area (Å²) >= 11 is 0. The summed E-state index contributed by atoms with van der Waals surface area (Å²) in [7, 11) is 0. The van der Waals surface area contributed by atoms with Gasteiger partial charge in [0.15, 0.2) is 6.29 Å². The van der Waals surface area contributed by atoms with Gasteiger partial charge in [-0.2, -0.15) is 0 Å². The van der Waals surface area contributed by atoms with Gasteiger partial charge in [-0.05, 0) is 24.5 Å². The van der Waals surface area contributed by atoms with E-state index in [2.05, 4.69) is 13.8 Å². The molecule has 88 valence electrons. The van der Waals surface area contributed by atoms with Gasteiger partial charge in [0.2, 0.25) is 0 Å². The summed E-state index contributed by atoms with van der Waals surface area (Å²) in [6.07, 6.45) is 3.41. The molecule has 0 aliphatic carbocycles. The molecule has 0 aliphatic rings. The first kappa shape index (κ1) is 12.8. The van der Waals surface area contributed by atoms with Crippen molar-refractivity contribution in [1.29, 1.82) is 0 Å². The lowest BCUT2D eigenvalue weighted by Gasteiger charge is -2.13. The molecule has 0 aromatic heterocycles. The van der Waals surface area contributed by atoms with E-state index in [1.165, 1.54) is 0 Å². The van der Waals surface area contributed by atoms with Gasteiger partial charge < -0.3 is 9.47 Å². The minimum absolute atomic E-state index is 0.192. The summed E-state index contributed by atoms with van der Waals surface area (Å²) in [5, 5.41) is 0. The van der Waals surface area contributed by atoms with Crippen molar-refractivity contribution < 1.29 is 9.47 Å². The van der Waals surface area contributed by atoms with E-state index in [1.807, 2.05) is 43.3 Å². The van der Waals surface area contributed by atoms with Crippen LogP contribution in [0.5, 0.6) is 0 Å². The van der Waals surface area contributed by atoms with Crippen molar-refractivity contribution in [2.75, 3.05) is 6.61 Å². The zero-order valence-corrected chi connectivity index (χ0v) is 10.2. The van der Waals surface area contributed by atoms with Crippen LogP contribution < -0.4 is 0 Å². The fourth-order valence-electron chi connectivity index (χ4n) is 1.16. The van der Waals surface area contributed by atoms with Crippen LogP contribution in [-0.2, 0) is 9.47 Å². The van der Waals surface area contributed by atoms with Crippen LogP contribution >= 0.6 is 0 Å². The molecule has 1 rings (SSSR count). The second kappa shape index (κ2) is 7.07. The summed E-state index contributed by atoms with van der Waals surface area (Å²) in [4.78, 5) is 0. The molecule has 0 amide bonds. The number of rotatable bonds is 6. The highest BCUT2D eigenvalue weighted by Crippen LogP contribution is 2.04. The van der Waals surface area contributed by atoms with Gasteiger partial charge in [0, 0.05) is 0 Å². The molecule has 1 unspecified atom stereocenters. The molecule has 0 aliphatic heterocycles. The molecule has 0 saturated heterocycles. The van der Waals surface area contributed by atoms with E-state index in [0.717, 1.165) is 12.2 Å². The molecule has 0 fully saturated rings. The number of hydrogen-bond acceptors (Lipinski definition) is 2. The molecule has 1 atom stereocenters. The van der Waals surface area contributed by atoms with Gasteiger partial charge in [-0.1, -0.05) is 44.2 Å². The Bertz CT molecular complexity index is 304. The molecular formula is C14H20O2. The van der Waals surface area contributed by atoms with Gasteiger partial charge >= 0.3 is 0 Å². The monoisotopic (exact) mass is 220 g/mol. The third-order valence-electron chi connectivity index (χ3n) is 1.99. The van der Waals surface area contributed by atoms with Gasteiger partial charge in [0.1, 0.15) is 0 Å². The maximum absolute atomic E-state index is 5.47.